The summed E-state index contributed by atoms with van der Waals surface area (Å²) in [5.74, 6) is 6.08. The van der Waals surface area contributed by atoms with Gasteiger partial charge in [-0.15, -0.1) is 0 Å². The summed E-state index contributed by atoms with van der Waals surface area (Å²) in [5.41, 5.74) is 0.888. The summed E-state index contributed by atoms with van der Waals surface area (Å²) in [7, 11) is 0. The van der Waals surface area contributed by atoms with Crippen molar-refractivity contribution >= 4 is 0 Å². The van der Waals surface area contributed by atoms with Gasteiger partial charge in [-0.25, -0.2) is 8.78 Å². The molecule has 0 unspecified atom stereocenters. The van der Waals surface area contributed by atoms with Crippen LogP contribution >= 0.6 is 0 Å². The second-order valence-corrected chi connectivity index (χ2v) is 14.5. The van der Waals surface area contributed by atoms with E-state index in [4.69, 9.17) is 0 Å². The van der Waals surface area contributed by atoms with Gasteiger partial charge in [0.15, 0.2) is 0 Å². The molecule has 5 fully saturated rings. The van der Waals surface area contributed by atoms with E-state index in [0.29, 0.717) is 0 Å². The summed E-state index contributed by atoms with van der Waals surface area (Å²) in [4.78, 5) is 0. The van der Waals surface area contributed by atoms with Crippen molar-refractivity contribution in [1.29, 1.82) is 0 Å². The van der Waals surface area contributed by atoms with Crippen LogP contribution in [0.4, 0.5) is 22.0 Å². The maximum Gasteiger partial charge on any atom is 0.389 e. The van der Waals surface area contributed by atoms with E-state index >= 15 is 0 Å². The van der Waals surface area contributed by atoms with Crippen molar-refractivity contribution in [1.82, 2.24) is 0 Å². The molecule has 0 N–H and O–H groups in total. The first-order chi connectivity index (χ1) is 16.8. The molecule has 37 heavy (non-hydrogen) atoms. The minimum atomic E-state index is -3.98. The third-order valence-corrected chi connectivity index (χ3v) is 7.36. The smallest absolute Gasteiger partial charge is 0.211 e. The second kappa shape index (κ2) is 17.4. The van der Waals surface area contributed by atoms with Crippen LogP contribution in [0.5, 0.6) is 0 Å². The lowest BCUT2D eigenvalue weighted by molar-refractivity contribution is -0.141. The molecule has 0 spiro atoms. The van der Waals surface area contributed by atoms with E-state index in [0.717, 1.165) is 35.0 Å². The summed E-state index contributed by atoms with van der Waals surface area (Å²) < 4.78 is 56.5. The Hall–Kier alpha value is -0.350. The first-order valence-corrected chi connectivity index (χ1v) is 15.2. The molecule has 0 heterocycles. The Bertz CT molecular complexity index is 521. The molecule has 0 nitrogen and oxygen atoms in total. The zero-order chi connectivity index (χ0) is 29.0. The molecule has 2 bridgehead atoms. The van der Waals surface area contributed by atoms with Gasteiger partial charge in [-0.2, -0.15) is 13.2 Å². The van der Waals surface area contributed by atoms with E-state index in [9.17, 15) is 22.0 Å². The normalized spacial score (nSPS) is 23.8. The van der Waals surface area contributed by atoms with Crippen molar-refractivity contribution < 1.29 is 22.0 Å². The fourth-order valence-corrected chi connectivity index (χ4v) is 5.38. The Morgan fingerprint density at radius 2 is 1.16 bits per heavy atom. The van der Waals surface area contributed by atoms with Crippen LogP contribution < -0.4 is 0 Å². The van der Waals surface area contributed by atoms with Crippen LogP contribution in [0.2, 0.25) is 0 Å². The molecule has 0 amide bonds. The largest absolute Gasteiger partial charge is 0.389 e. The van der Waals surface area contributed by atoms with Crippen molar-refractivity contribution in [3.8, 4) is 0 Å². The van der Waals surface area contributed by atoms with Gasteiger partial charge in [0, 0.05) is 12.8 Å². The fraction of sp³-hybridized carbons (Fsp3) is 1.00. The Morgan fingerprint density at radius 3 is 1.22 bits per heavy atom. The monoisotopic (exact) mass is 540 g/mol. The van der Waals surface area contributed by atoms with E-state index < -0.39 is 19.0 Å². The molecule has 0 aromatic heterocycles. The van der Waals surface area contributed by atoms with Gasteiger partial charge in [-0.05, 0) is 97.7 Å². The molecule has 0 aliphatic heterocycles. The summed E-state index contributed by atoms with van der Waals surface area (Å²) >= 11 is 0. The van der Waals surface area contributed by atoms with Gasteiger partial charge in [-0.3, -0.25) is 0 Å². The lowest BCUT2D eigenvalue weighted by Gasteiger charge is -2.63. The number of halogens is 5. The van der Waals surface area contributed by atoms with Crippen LogP contribution in [0.3, 0.4) is 0 Å². The second-order valence-electron chi connectivity index (χ2n) is 14.5. The van der Waals surface area contributed by atoms with Gasteiger partial charge in [-0.1, -0.05) is 82.1 Å². The molecule has 224 valence electrons. The lowest BCUT2D eigenvalue weighted by atomic mass is 9.42. The molecule has 0 saturated heterocycles. The topological polar surface area (TPSA) is 0 Å². The Kier molecular flexibility index (Phi) is 17.2. The standard InChI is InChI=1S/C9H16.C7H14.C6H12.C5H9F3.C5H10F2/c1-7(2)3-9-4-8(5-9)6-9;1-6(2)5-7-3-4-7;1-5(2)6-3-4-6;1-4(2)3-5(6,7)8;1-4(2)3-5(6)7/h7-8H,3-6H2,1-2H3;6-7H,3-5H2,1-2H3;5-6H,3-4H2,1-2H3;4H,3H2,1-2H3;4-5H,3H2,1-2H3. The van der Waals surface area contributed by atoms with Crippen LogP contribution in [-0.2, 0) is 0 Å². The maximum absolute atomic E-state index is 11.3. The number of alkyl halides is 5. The molecule has 0 radical (unpaired) electrons. The van der Waals surface area contributed by atoms with Crippen molar-refractivity contribution in [3.63, 3.8) is 0 Å². The average molecular weight is 541 g/mol. The maximum atomic E-state index is 11.3. The molecule has 5 saturated carbocycles. The van der Waals surface area contributed by atoms with Gasteiger partial charge in [0.2, 0.25) is 6.43 Å². The first kappa shape index (κ1) is 36.6. The summed E-state index contributed by atoms with van der Waals surface area (Å²) in [5, 5.41) is 0. The predicted molar refractivity (Wildman–Crippen MR) is 150 cm³/mol. The molecular formula is C32H61F5. The van der Waals surface area contributed by atoms with Gasteiger partial charge in [0.05, 0.1) is 0 Å². The van der Waals surface area contributed by atoms with Crippen molar-refractivity contribution in [3.05, 3.63) is 0 Å². The SMILES string of the molecule is CC(C)C1CC1.CC(C)CC(F)(F)F.CC(C)CC(F)F.CC(C)CC12CC(C1)C2.CC(C)CC1CC1. The highest BCUT2D eigenvalue weighted by molar-refractivity contribution is 5.06. The van der Waals surface area contributed by atoms with Gasteiger partial charge in [0.25, 0.3) is 0 Å². The zero-order valence-electron chi connectivity index (χ0n) is 25.9. The number of rotatable bonds is 8. The van der Waals surface area contributed by atoms with E-state index in [1.165, 1.54) is 44.4 Å². The Labute approximate surface area is 227 Å². The molecule has 0 aromatic rings. The van der Waals surface area contributed by atoms with Crippen LogP contribution in [0, 0.1) is 52.8 Å². The quantitative estimate of drug-likeness (QED) is 0.269. The van der Waals surface area contributed by atoms with Crippen molar-refractivity contribution in [2.45, 2.75) is 152 Å². The average Bonchev–Trinajstić information content (AvgIpc) is 3.48. The molecule has 5 rings (SSSR count). The van der Waals surface area contributed by atoms with Gasteiger partial charge >= 0.3 is 6.18 Å². The van der Waals surface area contributed by atoms with Crippen LogP contribution in [0.15, 0.2) is 0 Å². The summed E-state index contributed by atoms with van der Waals surface area (Å²) in [6, 6.07) is 0. The fourth-order valence-electron chi connectivity index (χ4n) is 5.38. The molecular weight excluding hydrogens is 479 g/mol. The van der Waals surface area contributed by atoms with Crippen LogP contribution in [0.1, 0.15) is 140 Å². The molecule has 0 aromatic carbocycles. The molecule has 5 heteroatoms. The van der Waals surface area contributed by atoms with E-state index in [1.807, 2.05) is 0 Å². The minimum Gasteiger partial charge on any atom is -0.211 e. The highest BCUT2D eigenvalue weighted by atomic mass is 19.4. The summed E-state index contributed by atoms with van der Waals surface area (Å²) in [6.45, 7) is 20.6. The third kappa shape index (κ3) is 22.2. The third-order valence-electron chi connectivity index (χ3n) is 7.36. The predicted octanol–water partition coefficient (Wildman–Crippen LogP) is 12.2. The highest BCUT2D eigenvalue weighted by Gasteiger charge is 2.55. The van der Waals surface area contributed by atoms with Gasteiger partial charge in [0.1, 0.15) is 0 Å². The van der Waals surface area contributed by atoms with E-state index in [1.54, 1.807) is 47.0 Å². The zero-order valence-corrected chi connectivity index (χ0v) is 25.9. The summed E-state index contributed by atoms with van der Waals surface area (Å²) in [6.07, 6.45) is 6.97. The van der Waals surface area contributed by atoms with Crippen LogP contribution in [0.25, 0.3) is 0 Å². The Balaban J connectivity index is 0.000000441. The van der Waals surface area contributed by atoms with E-state index in [-0.39, 0.29) is 18.3 Å². The lowest BCUT2D eigenvalue weighted by Crippen LogP contribution is -2.52. The Morgan fingerprint density at radius 1 is 0.676 bits per heavy atom. The van der Waals surface area contributed by atoms with E-state index in [2.05, 4.69) is 41.5 Å². The number of hydrogen-bond acceptors (Lipinski definition) is 0. The number of hydrogen-bond donors (Lipinski definition) is 0. The van der Waals surface area contributed by atoms with Crippen molar-refractivity contribution in [2.24, 2.45) is 52.8 Å². The van der Waals surface area contributed by atoms with Gasteiger partial charge < -0.3 is 0 Å². The highest BCUT2D eigenvalue weighted by Crippen LogP contribution is 2.67. The van der Waals surface area contributed by atoms with Crippen LogP contribution in [-0.4, -0.2) is 12.6 Å². The minimum absolute atomic E-state index is 0.0278. The molecule has 5 aliphatic carbocycles. The molecule has 5 aliphatic rings. The van der Waals surface area contributed by atoms with Crippen molar-refractivity contribution in [2.75, 3.05) is 0 Å². The first-order valence-electron chi connectivity index (χ1n) is 15.2. The molecule has 0 atom stereocenters.